The van der Waals surface area contributed by atoms with E-state index in [1.165, 1.54) is 0 Å². The van der Waals surface area contributed by atoms with Crippen molar-refractivity contribution in [2.75, 3.05) is 20.2 Å². The van der Waals surface area contributed by atoms with Crippen LogP contribution in [0.4, 0.5) is 0 Å². The van der Waals surface area contributed by atoms with Crippen LogP contribution < -0.4 is 15.4 Å². The molecule has 128 valence electrons. The number of rotatable bonds is 5. The van der Waals surface area contributed by atoms with Crippen molar-refractivity contribution in [3.63, 3.8) is 0 Å². The molecule has 0 saturated carbocycles. The number of hydrogen-bond donors (Lipinski definition) is 2. The molecule has 0 radical (unpaired) electrons. The smallest absolute Gasteiger partial charge is 0.220 e. The first-order valence-corrected chi connectivity index (χ1v) is 8.55. The van der Waals surface area contributed by atoms with Gasteiger partial charge in [0.2, 0.25) is 5.91 Å². The molecule has 1 aliphatic rings. The lowest BCUT2D eigenvalue weighted by Crippen LogP contribution is -2.38. The molecule has 1 aliphatic heterocycles. The number of para-hydroxylation sites is 1. The minimum atomic E-state index is -0.0849. The Balaban J connectivity index is 2.11. The predicted octanol–water partition coefficient (Wildman–Crippen LogP) is 3.29. The van der Waals surface area contributed by atoms with Crippen LogP contribution in [0.15, 0.2) is 24.3 Å². The molecule has 0 aromatic heterocycles. The molecule has 1 aromatic carbocycles. The number of amides is 1. The quantitative estimate of drug-likeness (QED) is 0.876. The number of piperidine rings is 1. The SMILES string of the molecule is COc1ccccc1[C@@H](NC(=O)CC1CCNCC1)C(C)(C)C. The van der Waals surface area contributed by atoms with Gasteiger partial charge in [0, 0.05) is 12.0 Å². The molecule has 0 unspecified atom stereocenters. The summed E-state index contributed by atoms with van der Waals surface area (Å²) in [7, 11) is 1.68. The summed E-state index contributed by atoms with van der Waals surface area (Å²) in [6.45, 7) is 8.49. The minimum Gasteiger partial charge on any atom is -0.496 e. The highest BCUT2D eigenvalue weighted by molar-refractivity contribution is 5.77. The first-order valence-electron chi connectivity index (χ1n) is 8.55. The molecule has 23 heavy (non-hydrogen) atoms. The standard InChI is InChI=1S/C19H30N2O2/c1-19(2,3)18(15-7-5-6-8-16(15)23-4)21-17(22)13-14-9-11-20-12-10-14/h5-8,14,18,20H,9-13H2,1-4H3,(H,21,22)/t18-/m1/s1. The van der Waals surface area contributed by atoms with Crippen molar-refractivity contribution in [3.05, 3.63) is 29.8 Å². The average molecular weight is 318 g/mol. The van der Waals surface area contributed by atoms with E-state index < -0.39 is 0 Å². The van der Waals surface area contributed by atoms with E-state index in [4.69, 9.17) is 4.74 Å². The fourth-order valence-corrected chi connectivity index (χ4v) is 3.23. The molecule has 1 fully saturated rings. The van der Waals surface area contributed by atoms with Crippen molar-refractivity contribution in [2.24, 2.45) is 11.3 Å². The summed E-state index contributed by atoms with van der Waals surface area (Å²) in [5.41, 5.74) is 0.958. The number of benzene rings is 1. The molecule has 1 saturated heterocycles. The van der Waals surface area contributed by atoms with Crippen molar-refractivity contribution >= 4 is 5.91 Å². The summed E-state index contributed by atoms with van der Waals surface area (Å²) in [5, 5.41) is 6.60. The largest absolute Gasteiger partial charge is 0.496 e. The van der Waals surface area contributed by atoms with Crippen molar-refractivity contribution in [2.45, 2.75) is 46.1 Å². The Labute approximate surface area is 140 Å². The van der Waals surface area contributed by atoms with Gasteiger partial charge in [0.25, 0.3) is 0 Å². The Morgan fingerprint density at radius 1 is 1.30 bits per heavy atom. The van der Waals surface area contributed by atoms with E-state index in [0.29, 0.717) is 12.3 Å². The number of hydrogen-bond acceptors (Lipinski definition) is 3. The number of carbonyl (C=O) groups is 1. The molecule has 0 bridgehead atoms. The van der Waals surface area contributed by atoms with Gasteiger partial charge in [0.1, 0.15) is 5.75 Å². The third-order valence-electron chi connectivity index (χ3n) is 4.55. The maximum absolute atomic E-state index is 12.6. The molecule has 1 atom stereocenters. The highest BCUT2D eigenvalue weighted by atomic mass is 16.5. The molecule has 0 spiro atoms. The zero-order valence-electron chi connectivity index (χ0n) is 14.8. The second-order valence-electron chi connectivity index (χ2n) is 7.51. The second-order valence-corrected chi connectivity index (χ2v) is 7.51. The lowest BCUT2D eigenvalue weighted by molar-refractivity contribution is -0.123. The van der Waals surface area contributed by atoms with Crippen LogP contribution in [0, 0.1) is 11.3 Å². The summed E-state index contributed by atoms with van der Waals surface area (Å²) in [6.07, 6.45) is 2.79. The van der Waals surface area contributed by atoms with Gasteiger partial charge in [0.05, 0.1) is 13.2 Å². The van der Waals surface area contributed by atoms with Crippen molar-refractivity contribution in [3.8, 4) is 5.75 Å². The fourth-order valence-electron chi connectivity index (χ4n) is 3.23. The third kappa shape index (κ3) is 4.96. The number of ether oxygens (including phenoxy) is 1. The Kier molecular flexibility index (Phi) is 6.05. The lowest BCUT2D eigenvalue weighted by atomic mass is 9.81. The van der Waals surface area contributed by atoms with Gasteiger partial charge < -0.3 is 15.4 Å². The zero-order valence-corrected chi connectivity index (χ0v) is 14.8. The van der Waals surface area contributed by atoms with Gasteiger partial charge in [-0.25, -0.2) is 0 Å². The summed E-state index contributed by atoms with van der Waals surface area (Å²) in [6, 6.07) is 7.88. The van der Waals surface area contributed by atoms with Crippen LogP contribution >= 0.6 is 0 Å². The summed E-state index contributed by atoms with van der Waals surface area (Å²) in [4.78, 5) is 12.6. The van der Waals surface area contributed by atoms with Crippen molar-refractivity contribution < 1.29 is 9.53 Å². The monoisotopic (exact) mass is 318 g/mol. The highest BCUT2D eigenvalue weighted by Gasteiger charge is 2.30. The topological polar surface area (TPSA) is 50.4 Å². The summed E-state index contributed by atoms with van der Waals surface area (Å²) < 4.78 is 5.49. The minimum absolute atomic E-state index is 0.0622. The first-order chi connectivity index (χ1) is 10.9. The molecule has 0 aliphatic carbocycles. The van der Waals surface area contributed by atoms with Crippen LogP contribution in [-0.4, -0.2) is 26.1 Å². The van der Waals surface area contributed by atoms with E-state index in [1.54, 1.807) is 7.11 Å². The fraction of sp³-hybridized carbons (Fsp3) is 0.632. The lowest BCUT2D eigenvalue weighted by Gasteiger charge is -2.33. The normalized spacial score (nSPS) is 17.6. The first kappa shape index (κ1) is 17.8. The Hall–Kier alpha value is -1.55. The van der Waals surface area contributed by atoms with Crippen molar-refractivity contribution in [1.29, 1.82) is 0 Å². The van der Waals surface area contributed by atoms with Crippen LogP contribution in [-0.2, 0) is 4.79 Å². The third-order valence-corrected chi connectivity index (χ3v) is 4.55. The maximum atomic E-state index is 12.6. The van der Waals surface area contributed by atoms with Crippen molar-refractivity contribution in [1.82, 2.24) is 10.6 Å². The van der Waals surface area contributed by atoms with Crippen LogP contribution in [0.2, 0.25) is 0 Å². The molecule has 2 N–H and O–H groups in total. The number of methoxy groups -OCH3 is 1. The van der Waals surface area contributed by atoms with E-state index in [9.17, 15) is 4.79 Å². The van der Waals surface area contributed by atoms with Gasteiger partial charge in [-0.05, 0) is 43.3 Å². The van der Waals surface area contributed by atoms with E-state index in [0.717, 1.165) is 37.2 Å². The maximum Gasteiger partial charge on any atom is 0.220 e. The van der Waals surface area contributed by atoms with E-state index in [1.807, 2.05) is 24.3 Å². The summed E-state index contributed by atoms with van der Waals surface area (Å²) in [5.74, 6) is 1.46. The van der Waals surface area contributed by atoms with E-state index in [-0.39, 0.29) is 17.4 Å². The van der Waals surface area contributed by atoms with Gasteiger partial charge >= 0.3 is 0 Å². The highest BCUT2D eigenvalue weighted by Crippen LogP contribution is 2.37. The Morgan fingerprint density at radius 2 is 1.96 bits per heavy atom. The number of nitrogens with one attached hydrogen (secondary N) is 2. The van der Waals surface area contributed by atoms with Crippen LogP contribution in [0.3, 0.4) is 0 Å². The second kappa shape index (κ2) is 7.82. The molecule has 4 heteroatoms. The van der Waals surface area contributed by atoms with Gasteiger partial charge in [-0.2, -0.15) is 0 Å². The van der Waals surface area contributed by atoms with Crippen LogP contribution in [0.1, 0.15) is 51.6 Å². The van der Waals surface area contributed by atoms with Crippen LogP contribution in [0.5, 0.6) is 5.75 Å². The van der Waals surface area contributed by atoms with E-state index in [2.05, 4.69) is 31.4 Å². The average Bonchev–Trinajstić information content (AvgIpc) is 2.52. The molecule has 4 nitrogen and oxygen atoms in total. The molecule has 1 amide bonds. The summed E-state index contributed by atoms with van der Waals surface area (Å²) >= 11 is 0. The molecular formula is C19H30N2O2. The molecule has 1 heterocycles. The molecule has 1 aromatic rings. The van der Waals surface area contributed by atoms with Gasteiger partial charge in [-0.3, -0.25) is 4.79 Å². The van der Waals surface area contributed by atoms with Gasteiger partial charge in [-0.1, -0.05) is 39.0 Å². The molecule has 2 rings (SSSR count). The zero-order chi connectivity index (χ0) is 16.9. The van der Waals surface area contributed by atoms with Crippen LogP contribution in [0.25, 0.3) is 0 Å². The van der Waals surface area contributed by atoms with Gasteiger partial charge in [-0.15, -0.1) is 0 Å². The Morgan fingerprint density at radius 3 is 2.57 bits per heavy atom. The number of carbonyl (C=O) groups excluding carboxylic acids is 1. The Bertz CT molecular complexity index is 516. The predicted molar refractivity (Wildman–Crippen MR) is 93.5 cm³/mol. The van der Waals surface area contributed by atoms with Gasteiger partial charge in [0.15, 0.2) is 0 Å². The molecular weight excluding hydrogens is 288 g/mol. The van der Waals surface area contributed by atoms with E-state index >= 15 is 0 Å².